The second-order valence-electron chi connectivity index (χ2n) is 6.79. The lowest BCUT2D eigenvalue weighted by molar-refractivity contribution is -0.185. The summed E-state index contributed by atoms with van der Waals surface area (Å²) in [5, 5.41) is 0. The van der Waals surface area contributed by atoms with Gasteiger partial charge in [0.05, 0.1) is 5.56 Å². The van der Waals surface area contributed by atoms with Crippen molar-refractivity contribution >= 4 is 0 Å². The van der Waals surface area contributed by atoms with Crippen LogP contribution in [0.3, 0.4) is 0 Å². The normalized spacial score (nSPS) is 17.0. The minimum absolute atomic E-state index is 0.129. The van der Waals surface area contributed by atoms with Gasteiger partial charge in [-0.2, -0.15) is 8.78 Å². The van der Waals surface area contributed by atoms with Crippen LogP contribution >= 0.6 is 0 Å². The van der Waals surface area contributed by atoms with E-state index >= 15 is 0 Å². The molecule has 1 saturated carbocycles. The van der Waals surface area contributed by atoms with E-state index in [-0.39, 0.29) is 11.3 Å². The number of benzene rings is 2. The van der Waals surface area contributed by atoms with E-state index in [0.29, 0.717) is 5.92 Å². The summed E-state index contributed by atoms with van der Waals surface area (Å²) < 4.78 is 33.4. The molecule has 0 aliphatic heterocycles. The highest BCUT2D eigenvalue weighted by Gasteiger charge is 2.34. The molecule has 0 heterocycles. The van der Waals surface area contributed by atoms with Gasteiger partial charge in [0.1, 0.15) is 5.75 Å². The van der Waals surface area contributed by atoms with E-state index in [1.54, 1.807) is 30.2 Å². The molecule has 0 spiro atoms. The molecule has 127 valence electrons. The molecule has 2 aromatic rings. The summed E-state index contributed by atoms with van der Waals surface area (Å²) in [5.41, 5.74) is 2.03. The van der Waals surface area contributed by atoms with Crippen LogP contribution in [0.15, 0.2) is 48.5 Å². The predicted molar refractivity (Wildman–Crippen MR) is 92.3 cm³/mol. The first-order valence-electron chi connectivity index (χ1n) is 8.49. The van der Waals surface area contributed by atoms with Gasteiger partial charge in [0, 0.05) is 0 Å². The fraction of sp³-hybridized carbons (Fsp3) is 0.381. The van der Waals surface area contributed by atoms with E-state index in [1.165, 1.54) is 17.7 Å². The van der Waals surface area contributed by atoms with Crippen molar-refractivity contribution in [3.63, 3.8) is 0 Å². The minimum atomic E-state index is -3.33. The van der Waals surface area contributed by atoms with Crippen LogP contribution in [-0.2, 0) is 6.11 Å². The Balaban J connectivity index is 1.68. The highest BCUT2D eigenvalue weighted by Crippen LogP contribution is 2.38. The summed E-state index contributed by atoms with van der Waals surface area (Å²) in [6.07, 6.45) is 1.28. The lowest BCUT2D eigenvalue weighted by atomic mass is 9.79. The van der Waals surface area contributed by atoms with Crippen LogP contribution in [0.2, 0.25) is 0 Å². The molecule has 1 nitrogen and oxygen atoms in total. The molecule has 0 unspecified atom stereocenters. The highest BCUT2D eigenvalue weighted by atomic mass is 19.3. The van der Waals surface area contributed by atoms with Crippen molar-refractivity contribution in [2.45, 2.75) is 51.6 Å². The van der Waals surface area contributed by atoms with Crippen molar-refractivity contribution < 1.29 is 13.5 Å². The topological polar surface area (TPSA) is 9.23 Å². The van der Waals surface area contributed by atoms with E-state index in [9.17, 15) is 8.78 Å². The average Bonchev–Trinajstić information content (AvgIpc) is 2.56. The Morgan fingerprint density at radius 2 is 1.46 bits per heavy atom. The number of alkyl halides is 2. The van der Waals surface area contributed by atoms with Gasteiger partial charge >= 0.3 is 6.11 Å². The van der Waals surface area contributed by atoms with Gasteiger partial charge in [0.15, 0.2) is 0 Å². The number of ether oxygens (including phenoxy) is 1. The Labute approximate surface area is 142 Å². The molecule has 24 heavy (non-hydrogen) atoms. The Morgan fingerprint density at radius 3 is 2.04 bits per heavy atom. The van der Waals surface area contributed by atoms with Crippen molar-refractivity contribution in [2.24, 2.45) is 0 Å². The number of hydrogen-bond acceptors (Lipinski definition) is 1. The zero-order valence-electron chi connectivity index (χ0n) is 14.2. The third-order valence-electron chi connectivity index (χ3n) is 4.82. The second-order valence-corrected chi connectivity index (χ2v) is 6.79. The summed E-state index contributed by atoms with van der Waals surface area (Å²) in [4.78, 5) is 0. The fourth-order valence-electron chi connectivity index (χ4n) is 3.21. The van der Waals surface area contributed by atoms with E-state index in [2.05, 4.69) is 6.92 Å². The molecular formula is C21H23F2O. The maximum absolute atomic E-state index is 14.2. The summed E-state index contributed by atoms with van der Waals surface area (Å²) in [7, 11) is 0. The lowest BCUT2D eigenvalue weighted by Gasteiger charge is -2.26. The van der Waals surface area contributed by atoms with Gasteiger partial charge in [-0.1, -0.05) is 36.8 Å². The molecule has 1 fully saturated rings. The molecule has 1 aliphatic rings. The van der Waals surface area contributed by atoms with Crippen LogP contribution in [0.1, 0.15) is 55.2 Å². The predicted octanol–water partition coefficient (Wildman–Crippen LogP) is 6.38. The number of hydrogen-bond donors (Lipinski definition) is 0. The highest BCUT2D eigenvalue weighted by molar-refractivity contribution is 5.31. The van der Waals surface area contributed by atoms with Gasteiger partial charge in [0.2, 0.25) is 0 Å². The molecule has 0 aromatic heterocycles. The Kier molecular flexibility index (Phi) is 4.88. The standard InChI is InChI=1S/C21H23F2O/c1-15-3-7-17(8-4-15)18-9-13-20(14-10-18)24-21(22,23)19-11-5-16(2)6-12-19/h5-6,9-14,17H,3-4,7-8H2,1-2H3. The molecule has 0 bridgehead atoms. The smallest absolute Gasteiger partial charge is 0.426 e. The first-order valence-corrected chi connectivity index (χ1v) is 8.49. The molecule has 0 N–H and O–H groups in total. The molecule has 3 heteroatoms. The molecule has 3 rings (SSSR count). The Morgan fingerprint density at radius 1 is 0.875 bits per heavy atom. The van der Waals surface area contributed by atoms with E-state index in [4.69, 9.17) is 4.74 Å². The molecule has 0 amide bonds. The zero-order chi connectivity index (χ0) is 17.2. The first kappa shape index (κ1) is 16.9. The molecule has 1 radical (unpaired) electrons. The third-order valence-corrected chi connectivity index (χ3v) is 4.82. The van der Waals surface area contributed by atoms with Crippen LogP contribution in [0.4, 0.5) is 8.78 Å². The maximum atomic E-state index is 14.2. The van der Waals surface area contributed by atoms with Crippen molar-refractivity contribution in [1.29, 1.82) is 0 Å². The Bertz CT molecular complexity index is 653. The monoisotopic (exact) mass is 329 g/mol. The maximum Gasteiger partial charge on any atom is 0.426 e. The van der Waals surface area contributed by atoms with Gasteiger partial charge < -0.3 is 4.74 Å². The van der Waals surface area contributed by atoms with Crippen molar-refractivity contribution in [3.8, 4) is 5.75 Å². The minimum Gasteiger partial charge on any atom is -0.429 e. The average molecular weight is 329 g/mol. The molecule has 1 aliphatic carbocycles. The molecular weight excluding hydrogens is 306 g/mol. The van der Waals surface area contributed by atoms with Gasteiger partial charge in [0.25, 0.3) is 0 Å². The first-order chi connectivity index (χ1) is 11.4. The van der Waals surface area contributed by atoms with E-state index in [1.807, 2.05) is 19.1 Å². The van der Waals surface area contributed by atoms with Crippen LogP contribution in [0, 0.1) is 12.8 Å². The summed E-state index contributed by atoms with van der Waals surface area (Å²) in [6, 6.07) is 13.3. The van der Waals surface area contributed by atoms with Crippen LogP contribution < -0.4 is 4.74 Å². The van der Waals surface area contributed by atoms with Gasteiger partial charge in [-0.15, -0.1) is 0 Å². The van der Waals surface area contributed by atoms with Crippen molar-refractivity contribution in [3.05, 3.63) is 71.1 Å². The third kappa shape index (κ3) is 3.95. The number of halogens is 2. The van der Waals surface area contributed by atoms with E-state index in [0.717, 1.165) is 31.2 Å². The van der Waals surface area contributed by atoms with Crippen LogP contribution in [0.5, 0.6) is 5.75 Å². The fourth-order valence-corrected chi connectivity index (χ4v) is 3.21. The van der Waals surface area contributed by atoms with Crippen molar-refractivity contribution in [1.82, 2.24) is 0 Å². The van der Waals surface area contributed by atoms with Crippen LogP contribution in [0.25, 0.3) is 0 Å². The molecule has 0 atom stereocenters. The summed E-state index contributed by atoms with van der Waals surface area (Å²) in [5.74, 6) is 2.28. The lowest BCUT2D eigenvalue weighted by Crippen LogP contribution is -2.21. The zero-order valence-corrected chi connectivity index (χ0v) is 14.2. The molecule has 0 saturated heterocycles. The van der Waals surface area contributed by atoms with E-state index < -0.39 is 6.11 Å². The van der Waals surface area contributed by atoms with Gasteiger partial charge in [-0.25, -0.2) is 0 Å². The van der Waals surface area contributed by atoms with Gasteiger partial charge in [-0.3, -0.25) is 0 Å². The number of rotatable bonds is 4. The summed E-state index contributed by atoms with van der Waals surface area (Å²) in [6.45, 7) is 4.08. The quantitative estimate of drug-likeness (QED) is 0.633. The molecule has 2 aromatic carbocycles. The second kappa shape index (κ2) is 6.92. The summed E-state index contributed by atoms with van der Waals surface area (Å²) >= 11 is 0. The number of aryl methyl sites for hydroxylation is 1. The van der Waals surface area contributed by atoms with Crippen molar-refractivity contribution in [2.75, 3.05) is 0 Å². The SMILES string of the molecule is C[C]1CCC(c2ccc(OC(F)(F)c3ccc(C)cc3)cc2)CC1. The van der Waals surface area contributed by atoms with Gasteiger partial charge in [-0.05, 0) is 74.3 Å². The van der Waals surface area contributed by atoms with Crippen LogP contribution in [-0.4, -0.2) is 0 Å². The largest absolute Gasteiger partial charge is 0.429 e. The Hall–Kier alpha value is -1.90.